The van der Waals surface area contributed by atoms with Crippen molar-refractivity contribution in [1.82, 2.24) is 20.2 Å². The number of aryl methyl sites for hydroxylation is 1. The quantitative estimate of drug-likeness (QED) is 0.522. The van der Waals surface area contributed by atoms with Gasteiger partial charge in [0.05, 0.1) is 5.69 Å². The predicted molar refractivity (Wildman–Crippen MR) is 117 cm³/mol. The highest BCUT2D eigenvalue weighted by Gasteiger charge is 2.31. The van der Waals surface area contributed by atoms with Crippen LogP contribution in [0.25, 0.3) is 0 Å². The number of nitrogens with one attached hydrogen (secondary N) is 2. The number of alkyl halides is 3. The predicted octanol–water partition coefficient (Wildman–Crippen LogP) is 4.69. The minimum atomic E-state index is -4.73. The van der Waals surface area contributed by atoms with Gasteiger partial charge in [-0.2, -0.15) is 4.98 Å². The van der Waals surface area contributed by atoms with Gasteiger partial charge in [-0.3, -0.25) is 10.4 Å². The maximum Gasteiger partial charge on any atom is 0.573 e. The van der Waals surface area contributed by atoms with E-state index in [1.54, 1.807) is 40.9 Å². The molecule has 3 heterocycles. The summed E-state index contributed by atoms with van der Waals surface area (Å²) in [5, 5.41) is 9.13. The highest BCUT2D eigenvalue weighted by Crippen LogP contribution is 2.35. The number of amidine groups is 1. The van der Waals surface area contributed by atoms with Crippen LogP contribution in [0, 0.1) is 5.82 Å². The van der Waals surface area contributed by atoms with Gasteiger partial charge in [-0.25, -0.2) is 14.1 Å². The van der Waals surface area contributed by atoms with Crippen LogP contribution in [0.4, 0.5) is 34.9 Å². The summed E-state index contributed by atoms with van der Waals surface area (Å²) in [4.78, 5) is 8.78. The van der Waals surface area contributed by atoms with E-state index in [-0.39, 0.29) is 11.7 Å². The number of anilines is 3. The molecular weight excluding hydrogens is 454 g/mol. The zero-order valence-corrected chi connectivity index (χ0v) is 18.1. The standard InChI is InChI=1S/C22H21F4N7O/c1-13-27-12-33(30-13)19-9-6-15(11-18(19)23)28-21-29-20-17(3-2-10-32(20)31-21)14-4-7-16(8-5-14)34-22(24,25)26/h4-9,11,17H,2-3,10,12H2,1H3,(H,27,30)(H,28,31). The molecule has 5 rings (SSSR count). The minimum absolute atomic E-state index is 0.125. The van der Waals surface area contributed by atoms with Crippen molar-refractivity contribution in [1.29, 1.82) is 0 Å². The Bertz CT molecular complexity index is 1220. The van der Waals surface area contributed by atoms with Crippen LogP contribution in [0.3, 0.4) is 0 Å². The fraction of sp³-hybridized carbons (Fsp3) is 0.318. The Labute approximate surface area is 192 Å². The summed E-state index contributed by atoms with van der Waals surface area (Å²) in [6.07, 6.45) is -3.11. The van der Waals surface area contributed by atoms with Crippen LogP contribution in [0.1, 0.15) is 37.1 Å². The van der Waals surface area contributed by atoms with E-state index in [1.807, 2.05) is 0 Å². The largest absolute Gasteiger partial charge is 0.573 e. The summed E-state index contributed by atoms with van der Waals surface area (Å²) in [6, 6.07) is 10.5. The van der Waals surface area contributed by atoms with Crippen molar-refractivity contribution in [3.05, 3.63) is 59.7 Å². The number of aliphatic imine (C=N–C) groups is 1. The third kappa shape index (κ3) is 4.61. The molecule has 0 bridgehead atoms. The molecule has 34 heavy (non-hydrogen) atoms. The number of nitrogens with zero attached hydrogens (tertiary/aromatic N) is 5. The lowest BCUT2D eigenvalue weighted by atomic mass is 9.91. The number of hydrogen-bond donors (Lipinski definition) is 2. The van der Waals surface area contributed by atoms with E-state index in [2.05, 4.69) is 30.6 Å². The fourth-order valence-corrected chi connectivity index (χ4v) is 4.13. The van der Waals surface area contributed by atoms with E-state index < -0.39 is 12.2 Å². The second-order valence-corrected chi connectivity index (χ2v) is 8.04. The second kappa shape index (κ2) is 8.50. The van der Waals surface area contributed by atoms with E-state index in [0.717, 1.165) is 18.4 Å². The van der Waals surface area contributed by atoms with E-state index in [9.17, 15) is 17.6 Å². The monoisotopic (exact) mass is 475 g/mol. The molecule has 0 saturated heterocycles. The van der Waals surface area contributed by atoms with Crippen LogP contribution in [0.5, 0.6) is 5.75 Å². The zero-order valence-electron chi connectivity index (χ0n) is 18.1. The summed E-state index contributed by atoms with van der Waals surface area (Å²) in [6.45, 7) is 2.80. The molecular formula is C22H21F4N7O. The summed E-state index contributed by atoms with van der Waals surface area (Å²) in [7, 11) is 0. The zero-order chi connectivity index (χ0) is 23.9. The highest BCUT2D eigenvalue weighted by molar-refractivity contribution is 5.83. The van der Waals surface area contributed by atoms with Gasteiger partial charge >= 0.3 is 6.36 Å². The molecule has 2 aromatic carbocycles. The smallest absolute Gasteiger partial charge is 0.406 e. The summed E-state index contributed by atoms with van der Waals surface area (Å²) >= 11 is 0. The van der Waals surface area contributed by atoms with Crippen molar-refractivity contribution < 1.29 is 22.3 Å². The molecule has 2 aliphatic rings. The Kier molecular flexibility index (Phi) is 5.50. The Hall–Kier alpha value is -3.83. The average Bonchev–Trinajstić information content (AvgIpc) is 3.39. The van der Waals surface area contributed by atoms with Crippen LogP contribution < -0.4 is 20.5 Å². The van der Waals surface area contributed by atoms with Crippen LogP contribution >= 0.6 is 0 Å². The molecule has 1 unspecified atom stereocenters. The number of halogens is 4. The molecule has 0 spiro atoms. The molecule has 12 heteroatoms. The van der Waals surface area contributed by atoms with Crippen molar-refractivity contribution in [2.24, 2.45) is 4.99 Å². The Morgan fingerprint density at radius 3 is 2.62 bits per heavy atom. The van der Waals surface area contributed by atoms with Crippen LogP contribution in [0.2, 0.25) is 0 Å². The van der Waals surface area contributed by atoms with E-state index in [1.165, 1.54) is 18.2 Å². The van der Waals surface area contributed by atoms with E-state index in [4.69, 9.17) is 0 Å². The molecule has 0 amide bonds. The van der Waals surface area contributed by atoms with Gasteiger partial charge in [0.1, 0.15) is 29.9 Å². The lowest BCUT2D eigenvalue weighted by molar-refractivity contribution is -0.274. The Morgan fingerprint density at radius 2 is 1.94 bits per heavy atom. The highest BCUT2D eigenvalue weighted by atomic mass is 19.4. The molecule has 0 aliphatic carbocycles. The lowest BCUT2D eigenvalue weighted by Crippen LogP contribution is -2.35. The van der Waals surface area contributed by atoms with Gasteiger partial charge in [-0.1, -0.05) is 12.1 Å². The number of hydrazine groups is 1. The van der Waals surface area contributed by atoms with Crippen molar-refractivity contribution in [3.8, 4) is 5.75 Å². The average molecular weight is 475 g/mol. The van der Waals surface area contributed by atoms with Gasteiger partial charge in [-0.15, -0.1) is 18.3 Å². The molecule has 0 saturated carbocycles. The number of ether oxygens (including phenoxy) is 1. The molecule has 8 nitrogen and oxygen atoms in total. The van der Waals surface area contributed by atoms with Crippen molar-refractivity contribution >= 4 is 23.2 Å². The number of rotatable bonds is 5. The first-order valence-electron chi connectivity index (χ1n) is 10.7. The van der Waals surface area contributed by atoms with Gasteiger partial charge in [0, 0.05) is 18.2 Å². The minimum Gasteiger partial charge on any atom is -0.406 e. The van der Waals surface area contributed by atoms with E-state index >= 15 is 0 Å². The molecule has 0 radical (unpaired) electrons. The number of aromatic nitrogens is 3. The lowest BCUT2D eigenvalue weighted by Gasteiger charge is -2.22. The third-order valence-corrected chi connectivity index (χ3v) is 5.63. The van der Waals surface area contributed by atoms with Crippen molar-refractivity contribution in [2.45, 2.75) is 38.6 Å². The molecule has 3 aromatic rings. The maximum atomic E-state index is 14.7. The summed E-state index contributed by atoms with van der Waals surface area (Å²) < 4.78 is 57.7. The molecule has 1 aromatic heterocycles. The Balaban J connectivity index is 1.32. The topological polar surface area (TPSA) is 79.6 Å². The number of benzene rings is 2. The van der Waals surface area contributed by atoms with Crippen LogP contribution in [0.15, 0.2) is 47.5 Å². The summed E-state index contributed by atoms with van der Waals surface area (Å²) in [5.74, 6) is 0.915. The van der Waals surface area contributed by atoms with E-state index in [0.29, 0.717) is 42.2 Å². The number of fused-ring (bicyclic) bond motifs is 1. The Morgan fingerprint density at radius 1 is 1.15 bits per heavy atom. The van der Waals surface area contributed by atoms with Crippen molar-refractivity contribution in [2.75, 3.05) is 17.0 Å². The number of hydrogen-bond acceptors (Lipinski definition) is 7. The normalized spacial score (nSPS) is 17.7. The molecule has 1 atom stereocenters. The van der Waals surface area contributed by atoms with Gasteiger partial charge in [0.15, 0.2) is 0 Å². The second-order valence-electron chi connectivity index (χ2n) is 8.04. The first-order valence-corrected chi connectivity index (χ1v) is 10.7. The van der Waals surface area contributed by atoms with Crippen LogP contribution in [-0.2, 0) is 6.54 Å². The fourth-order valence-electron chi connectivity index (χ4n) is 4.13. The third-order valence-electron chi connectivity index (χ3n) is 5.63. The van der Waals surface area contributed by atoms with Gasteiger partial charge < -0.3 is 10.1 Å². The molecule has 2 aliphatic heterocycles. The summed E-state index contributed by atoms with van der Waals surface area (Å²) in [5.41, 5.74) is 4.67. The van der Waals surface area contributed by atoms with Gasteiger partial charge in [-0.05, 0) is 55.7 Å². The van der Waals surface area contributed by atoms with Crippen molar-refractivity contribution in [3.63, 3.8) is 0 Å². The van der Waals surface area contributed by atoms with Gasteiger partial charge in [0.25, 0.3) is 0 Å². The molecule has 2 N–H and O–H groups in total. The molecule has 0 fully saturated rings. The SMILES string of the molecule is CC1=NCN(c2ccc(Nc3nc4n(n3)CCCC4c3ccc(OC(F)(F)F)cc3)cc2F)N1. The first kappa shape index (κ1) is 22.0. The van der Waals surface area contributed by atoms with Gasteiger partial charge in [0.2, 0.25) is 5.95 Å². The molecule has 178 valence electrons. The first-order chi connectivity index (χ1) is 16.2. The maximum absolute atomic E-state index is 14.7. The van der Waals surface area contributed by atoms with Crippen LogP contribution in [-0.4, -0.2) is 33.6 Å².